The number of nitrogens with zero attached hydrogens (tertiary/aromatic N) is 7. The van der Waals surface area contributed by atoms with E-state index in [1.54, 1.807) is 6.33 Å². The number of rotatable bonds is 5. The van der Waals surface area contributed by atoms with Crippen LogP contribution in [0.1, 0.15) is 38.5 Å². The smallest absolute Gasteiger partial charge is 0.284 e. The minimum absolute atomic E-state index is 0.155. The summed E-state index contributed by atoms with van der Waals surface area (Å²) in [6, 6.07) is 8.25. The highest BCUT2D eigenvalue weighted by Gasteiger charge is 2.25. The van der Waals surface area contributed by atoms with Crippen molar-refractivity contribution in [3.8, 4) is 11.7 Å². The zero-order chi connectivity index (χ0) is 22.2. The average molecular weight is 434 g/mol. The zero-order valence-corrected chi connectivity index (χ0v) is 18.5. The number of nitrogens with one attached hydrogen (secondary N) is 1. The van der Waals surface area contributed by atoms with Gasteiger partial charge in [0.15, 0.2) is 17.0 Å². The molecule has 4 heterocycles. The second-order valence-electron chi connectivity index (χ2n) is 8.46. The van der Waals surface area contributed by atoms with E-state index in [0.29, 0.717) is 23.6 Å². The number of hydrogen-bond donors (Lipinski definition) is 2. The Labute approximate surface area is 185 Å². The molecule has 1 fully saturated rings. The SMILES string of the molecule is CC(C)c1nnc(-c2nc3c(N4CCC(Nc5ccccc5N)CC4)ncnc3n2C)o1. The van der Waals surface area contributed by atoms with E-state index in [-0.39, 0.29) is 5.92 Å². The van der Waals surface area contributed by atoms with Gasteiger partial charge in [-0.15, -0.1) is 10.2 Å². The Kier molecular flexibility index (Phi) is 5.12. The minimum Gasteiger partial charge on any atom is -0.418 e. The van der Waals surface area contributed by atoms with Crippen LogP contribution in [-0.2, 0) is 7.05 Å². The van der Waals surface area contributed by atoms with E-state index >= 15 is 0 Å². The van der Waals surface area contributed by atoms with Crippen LogP contribution in [0.2, 0.25) is 0 Å². The molecular formula is C22H27N9O. The lowest BCUT2D eigenvalue weighted by Gasteiger charge is -2.33. The first-order chi connectivity index (χ1) is 15.5. The molecule has 0 aliphatic carbocycles. The predicted molar refractivity (Wildman–Crippen MR) is 123 cm³/mol. The van der Waals surface area contributed by atoms with Crippen LogP contribution < -0.4 is 16.0 Å². The maximum absolute atomic E-state index is 6.08. The first-order valence-electron chi connectivity index (χ1n) is 10.9. The highest BCUT2D eigenvalue weighted by Crippen LogP contribution is 2.30. The fourth-order valence-corrected chi connectivity index (χ4v) is 4.05. The monoisotopic (exact) mass is 433 g/mol. The van der Waals surface area contributed by atoms with Gasteiger partial charge in [-0.2, -0.15) is 0 Å². The number of benzene rings is 1. The van der Waals surface area contributed by atoms with Crippen molar-refractivity contribution >= 4 is 28.4 Å². The molecule has 1 saturated heterocycles. The fraction of sp³-hybridized carbons (Fsp3) is 0.409. The van der Waals surface area contributed by atoms with Gasteiger partial charge < -0.3 is 24.9 Å². The standard InChI is InChI=1S/C22H27N9O/c1-13(2)21-28-29-22(32-21)20-27-17-18(30(20)3)24-12-25-19(17)31-10-8-14(9-11-31)26-16-7-5-4-6-15(16)23/h4-7,12-14,26H,8-11,23H2,1-3H3. The summed E-state index contributed by atoms with van der Waals surface area (Å²) < 4.78 is 7.70. The molecule has 1 aliphatic heterocycles. The van der Waals surface area contributed by atoms with Crippen molar-refractivity contribution in [2.45, 2.75) is 38.6 Å². The largest absolute Gasteiger partial charge is 0.418 e. The summed E-state index contributed by atoms with van der Waals surface area (Å²) in [4.78, 5) is 16.1. The third-order valence-electron chi connectivity index (χ3n) is 5.88. The van der Waals surface area contributed by atoms with E-state index < -0.39 is 0 Å². The molecule has 0 amide bonds. The van der Waals surface area contributed by atoms with Gasteiger partial charge in [0, 0.05) is 32.1 Å². The van der Waals surface area contributed by atoms with Crippen LogP contribution in [0.4, 0.5) is 17.2 Å². The maximum Gasteiger partial charge on any atom is 0.284 e. The summed E-state index contributed by atoms with van der Waals surface area (Å²) in [6.45, 7) is 5.75. The Morgan fingerprint density at radius 3 is 2.62 bits per heavy atom. The van der Waals surface area contributed by atoms with Gasteiger partial charge in [-0.3, -0.25) is 0 Å². The van der Waals surface area contributed by atoms with Crippen molar-refractivity contribution in [1.29, 1.82) is 0 Å². The lowest BCUT2D eigenvalue weighted by molar-refractivity contribution is 0.477. The molecule has 10 heteroatoms. The van der Waals surface area contributed by atoms with Gasteiger partial charge in [-0.25, -0.2) is 15.0 Å². The third kappa shape index (κ3) is 3.61. The van der Waals surface area contributed by atoms with Crippen LogP contribution >= 0.6 is 0 Å². The average Bonchev–Trinajstić information content (AvgIpc) is 3.41. The molecule has 0 atom stereocenters. The van der Waals surface area contributed by atoms with Gasteiger partial charge in [0.2, 0.25) is 11.7 Å². The summed E-state index contributed by atoms with van der Waals surface area (Å²) in [7, 11) is 1.90. The Hall–Kier alpha value is -3.69. The number of hydrogen-bond acceptors (Lipinski definition) is 9. The van der Waals surface area contributed by atoms with Gasteiger partial charge in [-0.1, -0.05) is 26.0 Å². The Bertz CT molecular complexity index is 1240. The molecule has 1 aromatic carbocycles. The molecule has 1 aliphatic rings. The summed E-state index contributed by atoms with van der Waals surface area (Å²) >= 11 is 0. The molecule has 3 N–H and O–H groups in total. The molecule has 0 saturated carbocycles. The number of nitrogen functional groups attached to an aromatic ring is 1. The summed E-state index contributed by atoms with van der Waals surface area (Å²) in [6.07, 6.45) is 3.54. The summed E-state index contributed by atoms with van der Waals surface area (Å²) in [5, 5.41) is 11.9. The van der Waals surface area contributed by atoms with Gasteiger partial charge in [-0.05, 0) is 25.0 Å². The third-order valence-corrected chi connectivity index (χ3v) is 5.88. The maximum atomic E-state index is 6.08. The number of nitrogens with two attached hydrogens (primary N) is 1. The minimum atomic E-state index is 0.155. The van der Waals surface area contributed by atoms with Gasteiger partial charge >= 0.3 is 0 Å². The molecule has 3 aromatic heterocycles. The zero-order valence-electron chi connectivity index (χ0n) is 18.5. The molecule has 166 valence electrons. The summed E-state index contributed by atoms with van der Waals surface area (Å²) in [5.74, 6) is 2.56. The van der Waals surface area contributed by atoms with E-state index in [1.807, 2.05) is 49.7 Å². The normalized spacial score (nSPS) is 15.1. The van der Waals surface area contributed by atoms with Gasteiger partial charge in [0.25, 0.3) is 5.89 Å². The molecular weight excluding hydrogens is 406 g/mol. The van der Waals surface area contributed by atoms with E-state index in [0.717, 1.165) is 54.3 Å². The van der Waals surface area contributed by atoms with Gasteiger partial charge in [0.1, 0.15) is 6.33 Å². The molecule has 0 spiro atoms. The molecule has 0 radical (unpaired) electrons. The number of aryl methyl sites for hydroxylation is 1. The number of para-hydroxylation sites is 2. The molecule has 4 aromatic rings. The number of imidazole rings is 1. The van der Waals surface area contributed by atoms with Crippen molar-refractivity contribution < 1.29 is 4.42 Å². The molecule has 10 nitrogen and oxygen atoms in total. The van der Waals surface area contributed by atoms with Crippen molar-refractivity contribution in [2.75, 3.05) is 29.0 Å². The summed E-state index contributed by atoms with van der Waals surface area (Å²) in [5.41, 5.74) is 9.33. The van der Waals surface area contributed by atoms with Crippen molar-refractivity contribution in [2.24, 2.45) is 7.05 Å². The van der Waals surface area contributed by atoms with Crippen molar-refractivity contribution in [3.05, 3.63) is 36.5 Å². The number of aromatic nitrogens is 6. The van der Waals surface area contributed by atoms with Crippen LogP contribution in [0.5, 0.6) is 0 Å². The second-order valence-corrected chi connectivity index (χ2v) is 8.46. The van der Waals surface area contributed by atoms with Gasteiger partial charge in [0.05, 0.1) is 11.4 Å². The van der Waals surface area contributed by atoms with Crippen LogP contribution in [0.3, 0.4) is 0 Å². The quantitative estimate of drug-likeness (QED) is 0.457. The molecule has 0 unspecified atom stereocenters. The molecule has 0 bridgehead atoms. The van der Waals surface area contributed by atoms with E-state index in [4.69, 9.17) is 15.1 Å². The van der Waals surface area contributed by atoms with E-state index in [9.17, 15) is 0 Å². The molecule has 32 heavy (non-hydrogen) atoms. The van der Waals surface area contributed by atoms with Crippen LogP contribution in [0, 0.1) is 0 Å². The number of piperidine rings is 1. The second kappa shape index (κ2) is 8.10. The lowest BCUT2D eigenvalue weighted by atomic mass is 10.0. The highest BCUT2D eigenvalue weighted by molar-refractivity contribution is 5.86. The number of anilines is 3. The van der Waals surface area contributed by atoms with E-state index in [1.165, 1.54) is 0 Å². The van der Waals surface area contributed by atoms with Crippen LogP contribution in [0.25, 0.3) is 22.9 Å². The van der Waals surface area contributed by atoms with Crippen LogP contribution in [-0.4, -0.2) is 48.8 Å². The van der Waals surface area contributed by atoms with E-state index in [2.05, 4.69) is 30.4 Å². The Morgan fingerprint density at radius 2 is 1.91 bits per heavy atom. The Morgan fingerprint density at radius 1 is 1.12 bits per heavy atom. The fourth-order valence-electron chi connectivity index (χ4n) is 4.05. The van der Waals surface area contributed by atoms with Crippen molar-refractivity contribution in [3.63, 3.8) is 0 Å². The highest BCUT2D eigenvalue weighted by atomic mass is 16.4. The van der Waals surface area contributed by atoms with Crippen LogP contribution in [0.15, 0.2) is 35.0 Å². The van der Waals surface area contributed by atoms with Crippen molar-refractivity contribution in [1.82, 2.24) is 29.7 Å². The lowest BCUT2D eigenvalue weighted by Crippen LogP contribution is -2.39. The predicted octanol–water partition coefficient (Wildman–Crippen LogP) is 3.20. The number of fused-ring (bicyclic) bond motifs is 1. The molecule has 5 rings (SSSR count). The first kappa shape index (κ1) is 20.2. The topological polar surface area (TPSA) is 124 Å². The Balaban J connectivity index is 1.37. The first-order valence-corrected chi connectivity index (χ1v) is 10.9.